The zero-order chi connectivity index (χ0) is 41.6. The average molecular weight is 797 g/mol. The van der Waals surface area contributed by atoms with Crippen molar-refractivity contribution in [2.24, 2.45) is 0 Å². The molecule has 0 saturated carbocycles. The summed E-state index contributed by atoms with van der Waals surface area (Å²) in [7, 11) is 0. The molecule has 0 aromatic heterocycles. The molecule has 0 amide bonds. The molecule has 1 saturated heterocycles. The molecule has 0 aromatic rings. The maximum Gasteiger partial charge on any atom is 0.306 e. The summed E-state index contributed by atoms with van der Waals surface area (Å²) >= 11 is 0. The predicted molar refractivity (Wildman–Crippen MR) is 228 cm³/mol. The number of aliphatic hydroxyl groups excluding tert-OH is 4. The molecule has 1 rings (SSSR count). The van der Waals surface area contributed by atoms with E-state index in [0.29, 0.717) is 19.3 Å². The van der Waals surface area contributed by atoms with Crippen LogP contribution in [0, 0.1) is 0 Å². The Kier molecular flexibility index (Phi) is 33.1. The first-order chi connectivity index (χ1) is 27.8. The first kappa shape index (κ1) is 51.4. The summed E-state index contributed by atoms with van der Waals surface area (Å²) in [5, 5.41) is 40.0. The zero-order valence-corrected chi connectivity index (χ0v) is 34.5. The number of allylic oxidation sites excluding steroid dienone is 18. The molecular weight excluding hydrogens is 725 g/mol. The van der Waals surface area contributed by atoms with Crippen LogP contribution in [0.5, 0.6) is 0 Å². The lowest BCUT2D eigenvalue weighted by Gasteiger charge is -2.39. The Morgan fingerprint density at radius 3 is 1.72 bits per heavy atom. The predicted octanol–water partition coefficient (Wildman–Crippen LogP) is 8.55. The molecule has 0 aromatic carbocycles. The maximum absolute atomic E-state index is 12.7. The first-order valence-electron chi connectivity index (χ1n) is 21.0. The fourth-order valence-corrected chi connectivity index (χ4v) is 5.47. The van der Waals surface area contributed by atoms with E-state index in [1.54, 1.807) is 0 Å². The number of carbonyl (C=O) groups is 2. The second-order valence-corrected chi connectivity index (χ2v) is 13.8. The fraction of sp³-hybridized carbons (Fsp3) is 0.574. The van der Waals surface area contributed by atoms with E-state index in [1.807, 2.05) is 36.5 Å². The van der Waals surface area contributed by atoms with Gasteiger partial charge in [0.05, 0.1) is 13.2 Å². The van der Waals surface area contributed by atoms with Gasteiger partial charge in [-0.2, -0.15) is 0 Å². The molecule has 1 aliphatic rings. The number of unbranched alkanes of at least 4 members (excludes halogenated alkanes) is 6. The minimum absolute atomic E-state index is 0.138. The normalized spacial score (nSPS) is 21.4. The van der Waals surface area contributed by atoms with Gasteiger partial charge in [0.25, 0.3) is 0 Å². The van der Waals surface area contributed by atoms with E-state index in [4.69, 9.17) is 18.9 Å². The number of esters is 2. The van der Waals surface area contributed by atoms with Crippen molar-refractivity contribution in [3.8, 4) is 0 Å². The molecule has 2 unspecified atom stereocenters. The van der Waals surface area contributed by atoms with Crippen molar-refractivity contribution in [3.05, 3.63) is 109 Å². The van der Waals surface area contributed by atoms with Crippen LogP contribution in [-0.2, 0) is 28.5 Å². The molecule has 0 radical (unpaired) electrons. The summed E-state index contributed by atoms with van der Waals surface area (Å²) in [5.41, 5.74) is 0. The van der Waals surface area contributed by atoms with E-state index in [0.717, 1.165) is 70.6 Å². The van der Waals surface area contributed by atoms with E-state index in [1.165, 1.54) is 0 Å². The van der Waals surface area contributed by atoms with Gasteiger partial charge in [-0.1, -0.05) is 142 Å². The van der Waals surface area contributed by atoms with Gasteiger partial charge in [-0.05, 0) is 70.6 Å². The number of hydrogen-bond acceptors (Lipinski definition) is 10. The van der Waals surface area contributed by atoms with Crippen LogP contribution in [0.4, 0.5) is 0 Å². The third kappa shape index (κ3) is 28.4. The molecule has 320 valence electrons. The van der Waals surface area contributed by atoms with Gasteiger partial charge in [0, 0.05) is 12.8 Å². The second kappa shape index (κ2) is 36.7. The Balaban J connectivity index is 2.44. The van der Waals surface area contributed by atoms with Gasteiger partial charge in [0.1, 0.15) is 31.0 Å². The molecule has 1 heterocycles. The van der Waals surface area contributed by atoms with Crippen molar-refractivity contribution < 1.29 is 49.0 Å². The Labute approximate surface area is 342 Å². The van der Waals surface area contributed by atoms with Crippen molar-refractivity contribution >= 4 is 11.9 Å². The fourth-order valence-electron chi connectivity index (χ4n) is 5.47. The standard InChI is InChI=1S/C47H72O10/c1-3-5-7-9-11-13-15-17-19-20-22-24-26-28-30-32-34-36-43(50)56-40(39-55-47-46(53)45(52)44(51)41(37-48)57-47)38-54-42(49)35-33-31-29-27-25-23-21-18-16-14-12-10-8-6-4-2/h5-8,10-14,16-19,21-22,24,28,30,40-41,44-48,51-53H,3-4,9,15,20,23,25-27,29,31-39H2,1-2H3/b7-5+,8-6+,12-10+,13-11+,16-14+,19-17+,21-18+,24-22+,30-28+/t40-,41-,44+,45?,46?,47-/m1/s1. The van der Waals surface area contributed by atoms with E-state index in [2.05, 4.69) is 86.8 Å². The highest BCUT2D eigenvalue weighted by Crippen LogP contribution is 2.22. The van der Waals surface area contributed by atoms with Gasteiger partial charge in [-0.25, -0.2) is 0 Å². The van der Waals surface area contributed by atoms with E-state index in [9.17, 15) is 30.0 Å². The zero-order valence-electron chi connectivity index (χ0n) is 34.5. The number of hydrogen-bond donors (Lipinski definition) is 4. The Bertz CT molecular complexity index is 1290. The van der Waals surface area contributed by atoms with Crippen LogP contribution in [0.25, 0.3) is 0 Å². The summed E-state index contributed by atoms with van der Waals surface area (Å²) < 4.78 is 22.0. The molecule has 6 atom stereocenters. The Morgan fingerprint density at radius 1 is 0.561 bits per heavy atom. The molecule has 0 spiro atoms. The van der Waals surface area contributed by atoms with Crippen LogP contribution in [0.1, 0.15) is 117 Å². The molecule has 1 fully saturated rings. The molecular formula is C47H72O10. The highest BCUT2D eigenvalue weighted by molar-refractivity contribution is 5.70. The molecule has 10 nitrogen and oxygen atoms in total. The summed E-state index contributed by atoms with van der Waals surface area (Å²) in [5.74, 6) is -0.917. The largest absolute Gasteiger partial charge is 0.462 e. The van der Waals surface area contributed by atoms with Crippen LogP contribution >= 0.6 is 0 Å². The topological polar surface area (TPSA) is 152 Å². The van der Waals surface area contributed by atoms with Gasteiger partial charge in [0.15, 0.2) is 12.4 Å². The maximum atomic E-state index is 12.7. The van der Waals surface area contributed by atoms with Crippen molar-refractivity contribution in [3.63, 3.8) is 0 Å². The van der Waals surface area contributed by atoms with Gasteiger partial charge in [-0.3, -0.25) is 9.59 Å². The lowest BCUT2D eigenvalue weighted by Crippen LogP contribution is -2.59. The van der Waals surface area contributed by atoms with Gasteiger partial charge in [0.2, 0.25) is 0 Å². The summed E-state index contributed by atoms with van der Waals surface area (Å²) in [6, 6.07) is 0. The SMILES string of the molecule is CC/C=C/C=C/C=C/C=C/CCCCCCCC(=O)OC[C@H](CO[C@@H]1O[C@H](CO)[C@H](O)C(O)C1O)OC(=O)CCC/C=C/C/C=C/C/C=C/C/C=C/C/C=C/CC. The monoisotopic (exact) mass is 797 g/mol. The molecule has 4 N–H and O–H groups in total. The van der Waals surface area contributed by atoms with E-state index < -0.39 is 55.4 Å². The summed E-state index contributed by atoms with van der Waals surface area (Å²) in [6.45, 7) is 3.05. The highest BCUT2D eigenvalue weighted by Gasteiger charge is 2.44. The number of carbonyl (C=O) groups excluding carboxylic acids is 2. The Morgan fingerprint density at radius 2 is 1.09 bits per heavy atom. The van der Waals surface area contributed by atoms with Crippen LogP contribution in [0.2, 0.25) is 0 Å². The van der Waals surface area contributed by atoms with Crippen LogP contribution in [-0.4, -0.2) is 89.0 Å². The Hall–Kier alpha value is -3.64. The number of ether oxygens (including phenoxy) is 4. The molecule has 0 aliphatic carbocycles. The van der Waals surface area contributed by atoms with E-state index >= 15 is 0 Å². The highest BCUT2D eigenvalue weighted by atomic mass is 16.7. The van der Waals surface area contributed by atoms with Crippen molar-refractivity contribution in [2.45, 2.75) is 153 Å². The minimum atomic E-state index is -1.62. The summed E-state index contributed by atoms with van der Waals surface area (Å²) in [6.07, 6.45) is 42.4. The van der Waals surface area contributed by atoms with E-state index in [-0.39, 0.29) is 26.1 Å². The van der Waals surface area contributed by atoms with Crippen LogP contribution in [0.15, 0.2) is 109 Å². The summed E-state index contributed by atoms with van der Waals surface area (Å²) in [4.78, 5) is 25.3. The third-order valence-electron chi connectivity index (χ3n) is 8.75. The van der Waals surface area contributed by atoms with Crippen LogP contribution in [0.3, 0.4) is 0 Å². The van der Waals surface area contributed by atoms with Crippen molar-refractivity contribution in [1.82, 2.24) is 0 Å². The average Bonchev–Trinajstić information content (AvgIpc) is 3.21. The minimum Gasteiger partial charge on any atom is -0.462 e. The van der Waals surface area contributed by atoms with Gasteiger partial charge in [-0.15, -0.1) is 0 Å². The number of rotatable bonds is 32. The molecule has 10 heteroatoms. The van der Waals surface area contributed by atoms with Gasteiger partial charge < -0.3 is 39.4 Å². The lowest BCUT2D eigenvalue weighted by atomic mass is 9.99. The smallest absolute Gasteiger partial charge is 0.306 e. The first-order valence-corrected chi connectivity index (χ1v) is 21.0. The third-order valence-corrected chi connectivity index (χ3v) is 8.75. The van der Waals surface area contributed by atoms with Crippen molar-refractivity contribution in [2.75, 3.05) is 19.8 Å². The quantitative estimate of drug-likeness (QED) is 0.0226. The van der Waals surface area contributed by atoms with Crippen molar-refractivity contribution in [1.29, 1.82) is 0 Å². The second-order valence-electron chi connectivity index (χ2n) is 13.8. The molecule has 57 heavy (non-hydrogen) atoms. The van der Waals surface area contributed by atoms with Gasteiger partial charge >= 0.3 is 11.9 Å². The number of aliphatic hydroxyl groups is 4. The molecule has 1 aliphatic heterocycles. The lowest BCUT2D eigenvalue weighted by molar-refractivity contribution is -0.305. The molecule has 0 bridgehead atoms. The van der Waals surface area contributed by atoms with Crippen LogP contribution < -0.4 is 0 Å².